The molecule has 1 aliphatic heterocycles. The highest BCUT2D eigenvalue weighted by molar-refractivity contribution is 7.21. The Labute approximate surface area is 227 Å². The minimum atomic E-state index is -2.72. The van der Waals surface area contributed by atoms with Crippen LogP contribution in [0, 0.1) is 11.7 Å². The van der Waals surface area contributed by atoms with Gasteiger partial charge in [-0.15, -0.1) is 11.3 Å². The zero-order chi connectivity index (χ0) is 27.0. The highest BCUT2D eigenvalue weighted by Crippen LogP contribution is 2.38. The van der Waals surface area contributed by atoms with Gasteiger partial charge in [-0.1, -0.05) is 23.7 Å². The summed E-state index contributed by atoms with van der Waals surface area (Å²) in [5.74, 6) is -5.35. The average molecular weight is 564 g/mol. The molecule has 2 atom stereocenters. The molecule has 2 aromatic carbocycles. The van der Waals surface area contributed by atoms with Crippen molar-refractivity contribution in [3.63, 3.8) is 0 Å². The van der Waals surface area contributed by atoms with Crippen molar-refractivity contribution >= 4 is 44.9 Å². The summed E-state index contributed by atoms with van der Waals surface area (Å²) in [6, 6.07) is 7.79. The lowest BCUT2D eigenvalue weighted by Gasteiger charge is -2.38. The third-order valence-corrected chi connectivity index (χ3v) is 8.74. The Morgan fingerprint density at radius 2 is 1.87 bits per heavy atom. The summed E-state index contributed by atoms with van der Waals surface area (Å²) in [6.07, 6.45) is 2.32. The number of carboxylic acid groups (broad SMARTS) is 1. The smallest absolute Gasteiger partial charge is 0.331 e. The van der Waals surface area contributed by atoms with E-state index >= 15 is 4.39 Å². The molecule has 11 heteroatoms. The number of nitrogens with two attached hydrogens (primary N) is 1. The maximum absolute atomic E-state index is 16.5. The van der Waals surface area contributed by atoms with Crippen molar-refractivity contribution in [3.8, 4) is 10.6 Å². The molecule has 0 bridgehead atoms. The second-order valence-corrected chi connectivity index (χ2v) is 11.3. The highest BCUT2D eigenvalue weighted by atomic mass is 35.5. The highest BCUT2D eigenvalue weighted by Gasteiger charge is 2.51. The maximum atomic E-state index is 16.5. The summed E-state index contributed by atoms with van der Waals surface area (Å²) >= 11 is 7.83. The summed E-state index contributed by atoms with van der Waals surface area (Å²) in [4.78, 5) is 30.7. The Kier molecular flexibility index (Phi) is 7.79. The Hall–Kier alpha value is -2.50. The lowest BCUT2D eigenvalue weighted by Crippen LogP contribution is -2.56. The van der Waals surface area contributed by atoms with Crippen LogP contribution in [-0.2, 0) is 14.3 Å². The number of benzene rings is 2. The van der Waals surface area contributed by atoms with E-state index in [0.29, 0.717) is 65.1 Å². The summed E-state index contributed by atoms with van der Waals surface area (Å²) in [7, 11) is 0. The van der Waals surface area contributed by atoms with Gasteiger partial charge in [0.15, 0.2) is 0 Å². The van der Waals surface area contributed by atoms with E-state index in [4.69, 9.17) is 22.1 Å². The topological polar surface area (TPSA) is 106 Å². The number of carboxylic acids is 1. The van der Waals surface area contributed by atoms with Gasteiger partial charge in [0, 0.05) is 18.7 Å². The molecule has 3 aromatic rings. The largest absolute Gasteiger partial charge is 0.481 e. The standard InChI is InChI=1S/C27H28ClF2N3O4S/c28-20-13-16(5-9-19(20)25-32-21-10-6-17(29)14-22(21)38-25)23(31)24(34)27(30,33-11-1-2-12-33)37-18-7-3-15(4-8-18)26(35)36/h5-6,9-10,13-15,18,23H,1-4,7-8,11-12,31H2,(H,35,36)/t15?,18?,23-,27?/m0/s1. The van der Waals surface area contributed by atoms with E-state index in [9.17, 15) is 19.1 Å². The van der Waals surface area contributed by atoms with Crippen LogP contribution in [0.25, 0.3) is 20.8 Å². The van der Waals surface area contributed by atoms with Crippen LogP contribution < -0.4 is 5.73 Å². The molecule has 1 unspecified atom stereocenters. The minimum Gasteiger partial charge on any atom is -0.481 e. The van der Waals surface area contributed by atoms with Crippen molar-refractivity contribution < 1.29 is 28.2 Å². The van der Waals surface area contributed by atoms with Crippen molar-refractivity contribution in [2.45, 2.75) is 56.6 Å². The zero-order valence-electron chi connectivity index (χ0n) is 20.5. The first kappa shape index (κ1) is 27.1. The van der Waals surface area contributed by atoms with Gasteiger partial charge >= 0.3 is 11.9 Å². The van der Waals surface area contributed by atoms with Gasteiger partial charge in [-0.3, -0.25) is 9.59 Å². The number of fused-ring (bicyclic) bond motifs is 1. The number of carbonyl (C=O) groups is 2. The quantitative estimate of drug-likeness (QED) is 0.338. The molecule has 0 amide bonds. The lowest BCUT2D eigenvalue weighted by atomic mass is 9.87. The second kappa shape index (κ2) is 10.9. The van der Waals surface area contributed by atoms with Crippen LogP contribution in [0.3, 0.4) is 0 Å². The van der Waals surface area contributed by atoms with E-state index in [2.05, 4.69) is 4.98 Å². The fraction of sp³-hybridized carbons (Fsp3) is 0.444. The Bertz CT molecular complexity index is 1360. The normalized spacial score (nSPS) is 22.8. The number of rotatable bonds is 8. The number of hydrogen-bond acceptors (Lipinski definition) is 7. The number of aromatic nitrogens is 1. The number of halogens is 3. The van der Waals surface area contributed by atoms with Gasteiger partial charge in [0.05, 0.1) is 33.3 Å². The van der Waals surface area contributed by atoms with Crippen molar-refractivity contribution in [3.05, 3.63) is 52.8 Å². The van der Waals surface area contributed by atoms with Gasteiger partial charge in [0.1, 0.15) is 10.8 Å². The van der Waals surface area contributed by atoms with Gasteiger partial charge < -0.3 is 15.6 Å². The molecule has 202 valence electrons. The molecular weight excluding hydrogens is 536 g/mol. The molecule has 1 saturated carbocycles. The number of thiazole rings is 1. The van der Waals surface area contributed by atoms with Gasteiger partial charge in [-0.25, -0.2) is 14.3 Å². The van der Waals surface area contributed by atoms with E-state index in [1.54, 1.807) is 18.2 Å². The van der Waals surface area contributed by atoms with Gasteiger partial charge in [0.25, 0.3) is 0 Å². The van der Waals surface area contributed by atoms with Crippen LogP contribution in [0.15, 0.2) is 36.4 Å². The van der Waals surface area contributed by atoms with Gasteiger partial charge in [-0.2, -0.15) is 4.39 Å². The van der Waals surface area contributed by atoms with Crippen LogP contribution in [0.2, 0.25) is 5.02 Å². The predicted molar refractivity (Wildman–Crippen MR) is 141 cm³/mol. The molecule has 2 fully saturated rings. The number of alkyl halides is 1. The molecule has 2 heterocycles. The molecule has 1 aromatic heterocycles. The van der Waals surface area contributed by atoms with E-state index in [-0.39, 0.29) is 10.8 Å². The monoisotopic (exact) mass is 563 g/mol. The number of Topliss-reactive ketones (excluding diaryl/α,β-unsaturated/α-hetero) is 1. The van der Waals surface area contributed by atoms with Crippen molar-refractivity contribution in [1.29, 1.82) is 0 Å². The molecule has 3 N–H and O–H groups in total. The summed E-state index contributed by atoms with van der Waals surface area (Å²) in [5, 5.41) is 10.1. The first-order valence-electron chi connectivity index (χ1n) is 12.7. The van der Waals surface area contributed by atoms with Crippen LogP contribution in [0.1, 0.15) is 50.1 Å². The Balaban J connectivity index is 1.37. The first-order valence-corrected chi connectivity index (χ1v) is 13.9. The number of aliphatic carboxylic acids is 1. The third-order valence-electron chi connectivity index (χ3n) is 7.38. The predicted octanol–water partition coefficient (Wildman–Crippen LogP) is 5.70. The van der Waals surface area contributed by atoms with Crippen LogP contribution in [0.4, 0.5) is 8.78 Å². The van der Waals surface area contributed by atoms with E-state index in [1.807, 2.05) is 0 Å². The molecule has 2 aliphatic rings. The average Bonchev–Trinajstić information content (AvgIpc) is 3.58. The molecule has 0 spiro atoms. The molecule has 5 rings (SSSR count). The van der Waals surface area contributed by atoms with Crippen molar-refractivity contribution in [2.75, 3.05) is 13.1 Å². The zero-order valence-corrected chi connectivity index (χ0v) is 22.1. The Morgan fingerprint density at radius 1 is 1.16 bits per heavy atom. The fourth-order valence-corrected chi connectivity index (χ4v) is 6.56. The summed E-state index contributed by atoms with van der Waals surface area (Å²) in [6.45, 7) is 0.717. The van der Waals surface area contributed by atoms with E-state index in [0.717, 1.165) is 12.8 Å². The van der Waals surface area contributed by atoms with Gasteiger partial charge in [-0.05, 0) is 68.4 Å². The number of nitrogens with zero attached hydrogens (tertiary/aromatic N) is 2. The lowest BCUT2D eigenvalue weighted by molar-refractivity contribution is -0.253. The summed E-state index contributed by atoms with van der Waals surface area (Å²) in [5.41, 5.74) is 7.87. The molecule has 1 saturated heterocycles. The maximum Gasteiger partial charge on any atom is 0.331 e. The number of hydrogen-bond donors (Lipinski definition) is 2. The third kappa shape index (κ3) is 5.33. The fourth-order valence-electron chi connectivity index (χ4n) is 5.20. The van der Waals surface area contributed by atoms with Crippen LogP contribution in [-0.4, -0.2) is 51.9 Å². The van der Waals surface area contributed by atoms with Gasteiger partial charge in [0.2, 0.25) is 5.78 Å². The number of ether oxygens (including phenoxy) is 1. The van der Waals surface area contributed by atoms with Crippen molar-refractivity contribution in [1.82, 2.24) is 9.88 Å². The number of likely N-dealkylation sites (tertiary alicyclic amines) is 1. The first-order chi connectivity index (χ1) is 18.2. The number of ketones is 1. The van der Waals surface area contributed by atoms with E-state index < -0.39 is 35.8 Å². The SMILES string of the molecule is N[C@H](C(=O)C(F)(OC1CCC(C(=O)O)CC1)N1CCCC1)c1ccc(-c2nc3ccc(F)cc3s2)c(Cl)c1. The van der Waals surface area contributed by atoms with E-state index in [1.165, 1.54) is 34.4 Å². The molecule has 7 nitrogen and oxygen atoms in total. The number of carbonyl (C=O) groups excluding carboxylic acids is 1. The molecule has 0 radical (unpaired) electrons. The van der Waals surface area contributed by atoms with Crippen LogP contribution >= 0.6 is 22.9 Å². The Morgan fingerprint density at radius 3 is 2.53 bits per heavy atom. The second-order valence-electron chi connectivity index (χ2n) is 9.90. The molecule has 38 heavy (non-hydrogen) atoms. The summed E-state index contributed by atoms with van der Waals surface area (Å²) < 4.78 is 36.6. The minimum absolute atomic E-state index is 0.281. The molecule has 1 aliphatic carbocycles. The van der Waals surface area contributed by atoms with Crippen LogP contribution in [0.5, 0.6) is 0 Å². The molecular formula is C27H28ClF2N3O4S. The van der Waals surface area contributed by atoms with Crippen molar-refractivity contribution in [2.24, 2.45) is 11.7 Å².